The third-order valence-electron chi connectivity index (χ3n) is 1.76. The van der Waals surface area contributed by atoms with E-state index in [1.807, 2.05) is 26.0 Å². The molecule has 0 saturated heterocycles. The van der Waals surface area contributed by atoms with Crippen LogP contribution in [0, 0.1) is 0 Å². The van der Waals surface area contributed by atoms with Gasteiger partial charge in [0.25, 0.3) is 0 Å². The van der Waals surface area contributed by atoms with Gasteiger partial charge < -0.3 is 0 Å². The van der Waals surface area contributed by atoms with Crippen molar-refractivity contribution in [1.82, 2.24) is 0 Å². The summed E-state index contributed by atoms with van der Waals surface area (Å²) >= 11 is 0. The standard InChI is InChI=1S/C10H15N/c1-4-5-8(2)9(3)11-10-6-7-10/h4-5,10H,2,6-7H2,1,3H3. The van der Waals surface area contributed by atoms with Gasteiger partial charge in [0.1, 0.15) is 0 Å². The highest BCUT2D eigenvalue weighted by Crippen LogP contribution is 2.24. The summed E-state index contributed by atoms with van der Waals surface area (Å²) in [5.41, 5.74) is 2.13. The zero-order chi connectivity index (χ0) is 8.27. The molecule has 11 heavy (non-hydrogen) atoms. The van der Waals surface area contributed by atoms with Gasteiger partial charge >= 0.3 is 0 Å². The normalized spacial score (nSPS) is 19.3. The van der Waals surface area contributed by atoms with Gasteiger partial charge in [0, 0.05) is 5.71 Å². The fourth-order valence-corrected chi connectivity index (χ4v) is 0.882. The van der Waals surface area contributed by atoms with Crippen LogP contribution in [0.25, 0.3) is 0 Å². The highest BCUT2D eigenvalue weighted by molar-refractivity contribution is 6.00. The van der Waals surface area contributed by atoms with Gasteiger partial charge in [-0.3, -0.25) is 4.99 Å². The molecule has 1 saturated carbocycles. The summed E-state index contributed by atoms with van der Waals surface area (Å²) in [5, 5.41) is 0. The summed E-state index contributed by atoms with van der Waals surface area (Å²) in [7, 11) is 0. The zero-order valence-corrected chi connectivity index (χ0v) is 7.30. The van der Waals surface area contributed by atoms with Gasteiger partial charge in [0.15, 0.2) is 0 Å². The maximum atomic E-state index is 4.47. The lowest BCUT2D eigenvalue weighted by Gasteiger charge is -1.97. The Kier molecular flexibility index (Phi) is 2.64. The van der Waals surface area contributed by atoms with E-state index in [1.54, 1.807) is 0 Å². The van der Waals surface area contributed by atoms with Crippen molar-refractivity contribution in [1.29, 1.82) is 0 Å². The maximum absolute atomic E-state index is 4.47. The second-order valence-electron chi connectivity index (χ2n) is 2.97. The molecule has 60 valence electrons. The van der Waals surface area contributed by atoms with Gasteiger partial charge in [-0.1, -0.05) is 18.7 Å². The van der Waals surface area contributed by atoms with E-state index in [2.05, 4.69) is 11.6 Å². The van der Waals surface area contributed by atoms with E-state index in [9.17, 15) is 0 Å². The second kappa shape index (κ2) is 3.51. The molecule has 1 aliphatic rings. The summed E-state index contributed by atoms with van der Waals surface area (Å²) in [5.74, 6) is 0. The molecule has 0 N–H and O–H groups in total. The molecule has 0 aliphatic heterocycles. The van der Waals surface area contributed by atoms with Gasteiger partial charge in [-0.15, -0.1) is 0 Å². The predicted octanol–water partition coefficient (Wildman–Crippen LogP) is 2.74. The number of allylic oxidation sites excluding steroid dienone is 3. The molecule has 0 atom stereocenters. The van der Waals surface area contributed by atoms with E-state index >= 15 is 0 Å². The summed E-state index contributed by atoms with van der Waals surface area (Å²) in [6.07, 6.45) is 6.52. The molecule has 0 aromatic heterocycles. The van der Waals surface area contributed by atoms with Crippen LogP contribution >= 0.6 is 0 Å². The van der Waals surface area contributed by atoms with E-state index in [4.69, 9.17) is 0 Å². The first-order chi connectivity index (χ1) is 5.24. The van der Waals surface area contributed by atoms with Gasteiger partial charge in [-0.25, -0.2) is 0 Å². The van der Waals surface area contributed by atoms with Crippen molar-refractivity contribution in [2.75, 3.05) is 0 Å². The second-order valence-corrected chi connectivity index (χ2v) is 2.97. The molecule has 0 amide bonds. The SMILES string of the molecule is C=C(C=CC)C(C)=NC1CC1. The average molecular weight is 149 g/mol. The molecule has 0 heterocycles. The van der Waals surface area contributed by atoms with Crippen LogP contribution < -0.4 is 0 Å². The fraction of sp³-hybridized carbons (Fsp3) is 0.500. The van der Waals surface area contributed by atoms with E-state index < -0.39 is 0 Å². The Labute approximate surface area is 68.5 Å². The summed E-state index contributed by atoms with van der Waals surface area (Å²) < 4.78 is 0. The highest BCUT2D eigenvalue weighted by atomic mass is 14.8. The minimum absolute atomic E-state index is 0.608. The van der Waals surface area contributed by atoms with Crippen LogP contribution in [0.3, 0.4) is 0 Å². The lowest BCUT2D eigenvalue weighted by molar-refractivity contribution is 1.06. The third-order valence-corrected chi connectivity index (χ3v) is 1.76. The predicted molar refractivity (Wildman–Crippen MR) is 50.1 cm³/mol. The van der Waals surface area contributed by atoms with E-state index in [0.29, 0.717) is 6.04 Å². The van der Waals surface area contributed by atoms with Crippen LogP contribution in [0.4, 0.5) is 0 Å². The highest BCUT2D eigenvalue weighted by Gasteiger charge is 2.19. The Bertz CT molecular complexity index is 207. The van der Waals surface area contributed by atoms with Crippen molar-refractivity contribution in [3.05, 3.63) is 24.3 Å². The van der Waals surface area contributed by atoms with Gasteiger partial charge in [0.2, 0.25) is 0 Å². The number of hydrogen-bond donors (Lipinski definition) is 0. The molecule has 0 unspecified atom stereocenters. The van der Waals surface area contributed by atoms with Crippen LogP contribution in [-0.4, -0.2) is 11.8 Å². The quantitative estimate of drug-likeness (QED) is 0.432. The number of rotatable bonds is 3. The molecule has 1 aliphatic carbocycles. The van der Waals surface area contributed by atoms with Gasteiger partial charge in [0.05, 0.1) is 6.04 Å². The molecule has 1 nitrogen and oxygen atoms in total. The molecular weight excluding hydrogens is 134 g/mol. The van der Waals surface area contributed by atoms with Gasteiger partial charge in [-0.2, -0.15) is 0 Å². The molecular formula is C10H15N. The van der Waals surface area contributed by atoms with Crippen LogP contribution in [0.1, 0.15) is 26.7 Å². The Hall–Kier alpha value is -0.850. The topological polar surface area (TPSA) is 12.4 Å². The Balaban J connectivity index is 2.50. The summed E-state index contributed by atoms with van der Waals surface area (Å²) in [6, 6.07) is 0.608. The molecule has 1 rings (SSSR count). The monoisotopic (exact) mass is 149 g/mol. The number of nitrogens with zero attached hydrogens (tertiary/aromatic N) is 1. The average Bonchev–Trinajstić information content (AvgIpc) is 2.72. The van der Waals surface area contributed by atoms with Crippen LogP contribution in [-0.2, 0) is 0 Å². The minimum Gasteiger partial charge on any atom is -0.286 e. The molecule has 0 aromatic rings. The fourth-order valence-electron chi connectivity index (χ4n) is 0.882. The Morgan fingerprint density at radius 3 is 2.64 bits per heavy atom. The first kappa shape index (κ1) is 8.25. The van der Waals surface area contributed by atoms with Crippen LogP contribution in [0.5, 0.6) is 0 Å². The number of hydrogen-bond acceptors (Lipinski definition) is 1. The van der Waals surface area contributed by atoms with Crippen molar-refractivity contribution in [3.63, 3.8) is 0 Å². The van der Waals surface area contributed by atoms with Crippen molar-refractivity contribution in [2.45, 2.75) is 32.7 Å². The molecule has 0 radical (unpaired) electrons. The van der Waals surface area contributed by atoms with Crippen molar-refractivity contribution < 1.29 is 0 Å². The van der Waals surface area contributed by atoms with Crippen molar-refractivity contribution >= 4 is 5.71 Å². The number of aliphatic imine (C=N–C) groups is 1. The van der Waals surface area contributed by atoms with Crippen molar-refractivity contribution in [3.8, 4) is 0 Å². The molecule has 0 spiro atoms. The van der Waals surface area contributed by atoms with Gasteiger partial charge in [-0.05, 0) is 32.3 Å². The molecule has 0 aromatic carbocycles. The molecule has 1 fully saturated rings. The minimum atomic E-state index is 0.608. The maximum Gasteiger partial charge on any atom is 0.0504 e. The molecule has 0 bridgehead atoms. The largest absolute Gasteiger partial charge is 0.286 e. The first-order valence-electron chi connectivity index (χ1n) is 4.10. The first-order valence-corrected chi connectivity index (χ1v) is 4.10. The van der Waals surface area contributed by atoms with E-state index in [0.717, 1.165) is 11.3 Å². The van der Waals surface area contributed by atoms with E-state index in [-0.39, 0.29) is 0 Å². The lowest BCUT2D eigenvalue weighted by atomic mass is 10.2. The third kappa shape index (κ3) is 2.71. The Morgan fingerprint density at radius 2 is 2.18 bits per heavy atom. The lowest BCUT2D eigenvalue weighted by Crippen LogP contribution is -1.94. The summed E-state index contributed by atoms with van der Waals surface area (Å²) in [6.45, 7) is 7.93. The molecule has 1 heteroatoms. The summed E-state index contributed by atoms with van der Waals surface area (Å²) in [4.78, 5) is 4.47. The van der Waals surface area contributed by atoms with Crippen LogP contribution in [0.2, 0.25) is 0 Å². The van der Waals surface area contributed by atoms with Crippen LogP contribution in [0.15, 0.2) is 29.3 Å². The smallest absolute Gasteiger partial charge is 0.0504 e. The Morgan fingerprint density at radius 1 is 1.55 bits per heavy atom. The zero-order valence-electron chi connectivity index (χ0n) is 7.30. The van der Waals surface area contributed by atoms with Crippen molar-refractivity contribution in [2.24, 2.45) is 4.99 Å². The van der Waals surface area contributed by atoms with E-state index in [1.165, 1.54) is 12.8 Å².